The van der Waals surface area contributed by atoms with Crippen molar-refractivity contribution in [2.45, 2.75) is 6.92 Å². The SMILES string of the molecule is Cc1nc2ccc(Nc3nc4ccccc4[nH]3)cc2[nH]1. The zero-order chi connectivity index (χ0) is 13.5. The number of aromatic amines is 2. The molecule has 5 heteroatoms. The summed E-state index contributed by atoms with van der Waals surface area (Å²) in [6.07, 6.45) is 0. The van der Waals surface area contributed by atoms with Gasteiger partial charge < -0.3 is 15.3 Å². The number of fused-ring (bicyclic) bond motifs is 2. The maximum atomic E-state index is 4.50. The van der Waals surface area contributed by atoms with Crippen molar-refractivity contribution in [3.63, 3.8) is 0 Å². The Morgan fingerprint density at radius 1 is 0.900 bits per heavy atom. The van der Waals surface area contributed by atoms with Crippen LogP contribution in [0.15, 0.2) is 42.5 Å². The number of aromatic nitrogens is 4. The molecular weight excluding hydrogens is 250 g/mol. The van der Waals surface area contributed by atoms with Crippen molar-refractivity contribution in [1.82, 2.24) is 19.9 Å². The van der Waals surface area contributed by atoms with E-state index in [0.717, 1.165) is 39.5 Å². The van der Waals surface area contributed by atoms with Crippen molar-refractivity contribution in [2.24, 2.45) is 0 Å². The fraction of sp³-hybridized carbons (Fsp3) is 0.0667. The van der Waals surface area contributed by atoms with Crippen LogP contribution < -0.4 is 5.32 Å². The van der Waals surface area contributed by atoms with Gasteiger partial charge in [-0.05, 0) is 37.3 Å². The monoisotopic (exact) mass is 263 g/mol. The zero-order valence-electron chi connectivity index (χ0n) is 10.9. The van der Waals surface area contributed by atoms with Gasteiger partial charge in [0.15, 0.2) is 0 Å². The van der Waals surface area contributed by atoms with Crippen LogP contribution >= 0.6 is 0 Å². The highest BCUT2D eigenvalue weighted by Crippen LogP contribution is 2.21. The summed E-state index contributed by atoms with van der Waals surface area (Å²) in [5, 5.41) is 3.28. The summed E-state index contributed by atoms with van der Waals surface area (Å²) >= 11 is 0. The van der Waals surface area contributed by atoms with Crippen LogP contribution in [0.1, 0.15) is 5.82 Å². The first kappa shape index (κ1) is 11.0. The Morgan fingerprint density at radius 3 is 2.65 bits per heavy atom. The van der Waals surface area contributed by atoms with Gasteiger partial charge in [0.25, 0.3) is 0 Å². The van der Waals surface area contributed by atoms with Gasteiger partial charge in [0, 0.05) is 5.69 Å². The highest BCUT2D eigenvalue weighted by atomic mass is 15.1. The van der Waals surface area contributed by atoms with E-state index in [1.807, 2.05) is 49.4 Å². The average Bonchev–Trinajstić information content (AvgIpc) is 2.99. The molecule has 0 saturated heterocycles. The van der Waals surface area contributed by atoms with Crippen molar-refractivity contribution in [3.05, 3.63) is 48.3 Å². The topological polar surface area (TPSA) is 69.4 Å². The molecule has 3 N–H and O–H groups in total. The van der Waals surface area contributed by atoms with Crippen LogP contribution in [0.25, 0.3) is 22.1 Å². The van der Waals surface area contributed by atoms with Gasteiger partial charge in [-0.25, -0.2) is 9.97 Å². The van der Waals surface area contributed by atoms with Crippen LogP contribution in [0.3, 0.4) is 0 Å². The third kappa shape index (κ3) is 1.80. The Bertz CT molecular complexity index is 870. The number of anilines is 2. The number of aryl methyl sites for hydroxylation is 1. The van der Waals surface area contributed by atoms with E-state index in [9.17, 15) is 0 Å². The summed E-state index contributed by atoms with van der Waals surface area (Å²) in [5.41, 5.74) is 4.93. The molecule has 0 aliphatic heterocycles. The van der Waals surface area contributed by atoms with E-state index < -0.39 is 0 Å². The lowest BCUT2D eigenvalue weighted by molar-refractivity contribution is 1.17. The summed E-state index contributed by atoms with van der Waals surface area (Å²) in [5.74, 6) is 1.66. The van der Waals surface area contributed by atoms with Gasteiger partial charge in [-0.2, -0.15) is 0 Å². The Balaban J connectivity index is 1.72. The normalized spacial score (nSPS) is 11.2. The molecule has 20 heavy (non-hydrogen) atoms. The molecule has 2 heterocycles. The fourth-order valence-corrected chi connectivity index (χ4v) is 2.36. The molecule has 2 aromatic heterocycles. The van der Waals surface area contributed by atoms with Gasteiger partial charge in [0.05, 0.1) is 22.1 Å². The van der Waals surface area contributed by atoms with Crippen molar-refractivity contribution in [1.29, 1.82) is 0 Å². The van der Waals surface area contributed by atoms with E-state index in [-0.39, 0.29) is 0 Å². The largest absolute Gasteiger partial charge is 0.342 e. The quantitative estimate of drug-likeness (QED) is 0.518. The molecule has 5 nitrogen and oxygen atoms in total. The summed E-state index contributed by atoms with van der Waals surface area (Å²) in [7, 11) is 0. The Hall–Kier alpha value is -2.82. The maximum Gasteiger partial charge on any atom is 0.205 e. The molecule has 0 atom stereocenters. The van der Waals surface area contributed by atoms with Crippen molar-refractivity contribution < 1.29 is 0 Å². The number of imidazole rings is 2. The average molecular weight is 263 g/mol. The molecular formula is C15H13N5. The first-order chi connectivity index (χ1) is 9.78. The van der Waals surface area contributed by atoms with Gasteiger partial charge in [0.2, 0.25) is 5.95 Å². The zero-order valence-corrected chi connectivity index (χ0v) is 10.9. The lowest BCUT2D eigenvalue weighted by Gasteiger charge is -2.01. The molecule has 0 unspecified atom stereocenters. The second-order valence-electron chi connectivity index (χ2n) is 4.78. The van der Waals surface area contributed by atoms with E-state index in [1.54, 1.807) is 0 Å². The molecule has 0 aliphatic rings. The first-order valence-electron chi connectivity index (χ1n) is 6.46. The Morgan fingerprint density at radius 2 is 1.75 bits per heavy atom. The number of rotatable bonds is 2. The number of H-pyrrole nitrogens is 2. The standard InChI is InChI=1S/C15H13N5/c1-9-16-13-7-6-10(8-14(13)17-9)18-15-19-11-4-2-3-5-12(11)20-15/h2-8H,1H3,(H,16,17)(H2,18,19,20). The lowest BCUT2D eigenvalue weighted by atomic mass is 10.3. The third-order valence-corrected chi connectivity index (χ3v) is 3.25. The summed E-state index contributed by atoms with van der Waals surface area (Å²) in [4.78, 5) is 15.4. The second kappa shape index (κ2) is 4.09. The van der Waals surface area contributed by atoms with Crippen LogP contribution in [0.2, 0.25) is 0 Å². The molecule has 4 rings (SSSR count). The molecule has 0 fully saturated rings. The minimum atomic E-state index is 0.738. The lowest BCUT2D eigenvalue weighted by Crippen LogP contribution is -1.91. The summed E-state index contributed by atoms with van der Waals surface area (Å²) in [6, 6.07) is 14.0. The number of hydrogen-bond donors (Lipinski definition) is 3. The molecule has 0 amide bonds. The molecule has 0 bridgehead atoms. The first-order valence-corrected chi connectivity index (χ1v) is 6.46. The predicted octanol–water partition coefficient (Wildman–Crippen LogP) is 3.49. The van der Waals surface area contributed by atoms with Crippen LogP contribution in [0.5, 0.6) is 0 Å². The van der Waals surface area contributed by atoms with Gasteiger partial charge >= 0.3 is 0 Å². The molecule has 0 saturated carbocycles. The fourth-order valence-electron chi connectivity index (χ4n) is 2.36. The Kier molecular flexibility index (Phi) is 2.26. The van der Waals surface area contributed by atoms with Crippen LogP contribution in [0.4, 0.5) is 11.6 Å². The minimum absolute atomic E-state index is 0.738. The summed E-state index contributed by atoms with van der Waals surface area (Å²) < 4.78 is 0. The molecule has 0 radical (unpaired) electrons. The van der Waals surface area contributed by atoms with Gasteiger partial charge in [-0.1, -0.05) is 12.1 Å². The van der Waals surface area contributed by atoms with Crippen LogP contribution in [0, 0.1) is 6.92 Å². The number of benzene rings is 2. The van der Waals surface area contributed by atoms with E-state index >= 15 is 0 Å². The Labute approximate surface area is 115 Å². The number of nitrogens with one attached hydrogen (secondary N) is 3. The van der Waals surface area contributed by atoms with E-state index in [1.165, 1.54) is 0 Å². The van der Waals surface area contributed by atoms with Crippen molar-refractivity contribution in [2.75, 3.05) is 5.32 Å². The number of nitrogens with zero attached hydrogens (tertiary/aromatic N) is 2. The van der Waals surface area contributed by atoms with E-state index in [2.05, 4.69) is 25.3 Å². The van der Waals surface area contributed by atoms with Crippen LogP contribution in [-0.2, 0) is 0 Å². The smallest absolute Gasteiger partial charge is 0.205 e. The highest BCUT2D eigenvalue weighted by molar-refractivity contribution is 5.82. The number of para-hydroxylation sites is 2. The number of hydrogen-bond acceptors (Lipinski definition) is 3. The molecule has 0 spiro atoms. The van der Waals surface area contributed by atoms with E-state index in [0.29, 0.717) is 0 Å². The molecule has 98 valence electrons. The van der Waals surface area contributed by atoms with Crippen LogP contribution in [-0.4, -0.2) is 19.9 Å². The maximum absolute atomic E-state index is 4.50. The van der Waals surface area contributed by atoms with Gasteiger partial charge in [-0.15, -0.1) is 0 Å². The molecule has 0 aliphatic carbocycles. The minimum Gasteiger partial charge on any atom is -0.342 e. The molecule has 2 aromatic carbocycles. The highest BCUT2D eigenvalue weighted by Gasteiger charge is 2.04. The predicted molar refractivity (Wildman–Crippen MR) is 80.2 cm³/mol. The van der Waals surface area contributed by atoms with Gasteiger partial charge in [-0.3, -0.25) is 0 Å². The van der Waals surface area contributed by atoms with Gasteiger partial charge in [0.1, 0.15) is 5.82 Å². The van der Waals surface area contributed by atoms with Crippen molar-refractivity contribution >= 4 is 33.7 Å². The van der Waals surface area contributed by atoms with E-state index in [4.69, 9.17) is 0 Å². The third-order valence-electron chi connectivity index (χ3n) is 3.25. The second-order valence-corrected chi connectivity index (χ2v) is 4.78. The van der Waals surface area contributed by atoms with Crippen molar-refractivity contribution in [3.8, 4) is 0 Å². The summed E-state index contributed by atoms with van der Waals surface area (Å²) in [6.45, 7) is 1.95. The molecule has 4 aromatic rings.